The van der Waals surface area contributed by atoms with Crippen molar-refractivity contribution in [3.8, 4) is 0 Å². The minimum Gasteiger partial charge on any atom is -0.432 e. The molecule has 3 N–H and O–H groups in total. The molecule has 2 heterocycles. The van der Waals surface area contributed by atoms with E-state index in [0.29, 0.717) is 17.8 Å². The van der Waals surface area contributed by atoms with Crippen LogP contribution in [0.15, 0.2) is 21.9 Å². The lowest BCUT2D eigenvalue weighted by atomic mass is 9.94. The Labute approximate surface area is 271 Å². The number of H-pyrrole nitrogens is 1. The number of aromatic amines is 1. The van der Waals surface area contributed by atoms with Crippen molar-refractivity contribution >= 4 is 20.1 Å². The third kappa shape index (κ3) is 9.15. The highest BCUT2D eigenvalue weighted by Gasteiger charge is 2.93. The number of nitrogens with one attached hydrogen (secondary N) is 1. The maximum absolute atomic E-state index is 14.5. The molecule has 0 spiro atoms. The number of aromatic nitrogens is 2. The van der Waals surface area contributed by atoms with Crippen molar-refractivity contribution in [2.45, 2.75) is 36.1 Å². The second kappa shape index (κ2) is 17.6. The minimum absolute atomic E-state index is 0.00552. The van der Waals surface area contributed by atoms with Gasteiger partial charge in [0.15, 0.2) is 17.4 Å². The number of aliphatic hydroxyl groups is 2. The number of hydrogen-bond acceptors (Lipinski definition) is 19. The summed E-state index contributed by atoms with van der Waals surface area (Å²) < 4.78 is 88.2. The first-order valence-corrected chi connectivity index (χ1v) is 15.6. The van der Waals surface area contributed by atoms with Gasteiger partial charge in [0, 0.05) is 26.5 Å². The standard InChI is InChI=1S/C25H38FN2O19P/c1-23(33)19(28-5-4-17(29)27-20(28)30)46-24(14-26)18(25(23,24)34)47-48(35,44-15-42-21(31)40-12-10-38-8-6-36-2)45-16-43-22(32)41-13-11-39-9-7-37-3/h4-5,18-19,33-34H,6-16H2,1-3H3,(H,27,29,30)/t18?,19-,23+,24-,25+/m1/s1. The Morgan fingerprint density at radius 1 is 0.917 bits per heavy atom. The predicted molar refractivity (Wildman–Crippen MR) is 150 cm³/mol. The number of hydrogen-bond donors (Lipinski definition) is 3. The molecule has 274 valence electrons. The van der Waals surface area contributed by atoms with Crippen LogP contribution in [0.25, 0.3) is 0 Å². The van der Waals surface area contributed by atoms with E-state index in [4.69, 9.17) is 46.7 Å². The number of fused-ring (bicyclic) bond motifs is 1. The molecule has 3 rings (SSSR count). The lowest BCUT2D eigenvalue weighted by Gasteiger charge is -2.33. The van der Waals surface area contributed by atoms with Crippen molar-refractivity contribution in [2.24, 2.45) is 0 Å². The molecule has 1 aromatic heterocycles. The van der Waals surface area contributed by atoms with E-state index in [-0.39, 0.29) is 39.6 Å². The molecule has 1 aliphatic carbocycles. The highest BCUT2D eigenvalue weighted by Crippen LogP contribution is 2.71. The van der Waals surface area contributed by atoms with Gasteiger partial charge in [-0.05, 0) is 6.92 Å². The van der Waals surface area contributed by atoms with Gasteiger partial charge in [-0.1, -0.05) is 0 Å². The van der Waals surface area contributed by atoms with Gasteiger partial charge in [-0.15, -0.1) is 0 Å². The Kier molecular flexibility index (Phi) is 14.4. The fraction of sp³-hybridized carbons (Fsp3) is 0.760. The molecular weight excluding hydrogens is 682 g/mol. The number of phosphoric acid groups is 1. The smallest absolute Gasteiger partial charge is 0.432 e. The van der Waals surface area contributed by atoms with Crippen LogP contribution in [0.2, 0.25) is 0 Å². The molecule has 1 saturated heterocycles. The third-order valence-electron chi connectivity index (χ3n) is 7.01. The van der Waals surface area contributed by atoms with Crippen LogP contribution in [0.1, 0.15) is 13.2 Å². The number of nitrogens with zero attached hydrogens (tertiary/aromatic N) is 1. The Hall–Kier alpha value is -3.02. The summed E-state index contributed by atoms with van der Waals surface area (Å²) in [5, 5.41) is 22.7. The summed E-state index contributed by atoms with van der Waals surface area (Å²) in [5.74, 6) is 0. The van der Waals surface area contributed by atoms with Gasteiger partial charge in [0.05, 0.1) is 39.6 Å². The zero-order valence-electron chi connectivity index (χ0n) is 26.2. The van der Waals surface area contributed by atoms with E-state index < -0.39 is 80.8 Å². The second-order valence-corrected chi connectivity index (χ2v) is 11.7. The average molecular weight is 721 g/mol. The molecule has 21 nitrogen and oxygen atoms in total. The molecule has 48 heavy (non-hydrogen) atoms. The van der Waals surface area contributed by atoms with Crippen LogP contribution in [0, 0.1) is 0 Å². The first-order chi connectivity index (χ1) is 22.8. The summed E-state index contributed by atoms with van der Waals surface area (Å²) in [7, 11) is -2.16. The van der Waals surface area contributed by atoms with E-state index in [1.54, 1.807) is 0 Å². The van der Waals surface area contributed by atoms with Crippen LogP contribution >= 0.6 is 7.82 Å². The van der Waals surface area contributed by atoms with Crippen LogP contribution in [0.4, 0.5) is 14.0 Å². The maximum Gasteiger partial charge on any atom is 0.510 e. The van der Waals surface area contributed by atoms with Crippen molar-refractivity contribution in [1.82, 2.24) is 9.55 Å². The zero-order valence-corrected chi connectivity index (χ0v) is 27.1. The number of carbonyl (C=O) groups is 2. The molecule has 23 heteroatoms. The van der Waals surface area contributed by atoms with Crippen LogP contribution in [0.3, 0.4) is 0 Å². The van der Waals surface area contributed by atoms with Gasteiger partial charge in [-0.25, -0.2) is 32.4 Å². The van der Waals surface area contributed by atoms with Crippen molar-refractivity contribution in [3.63, 3.8) is 0 Å². The van der Waals surface area contributed by atoms with Crippen LogP contribution in [-0.2, 0) is 60.8 Å². The Morgan fingerprint density at radius 2 is 1.44 bits per heavy atom. The largest absolute Gasteiger partial charge is 0.510 e. The molecule has 2 fully saturated rings. The first-order valence-electron chi connectivity index (χ1n) is 14.1. The molecule has 1 aliphatic heterocycles. The highest BCUT2D eigenvalue weighted by molar-refractivity contribution is 7.48. The predicted octanol–water partition coefficient (Wildman–Crippen LogP) is -0.657. The van der Waals surface area contributed by atoms with Crippen molar-refractivity contribution < 1.29 is 85.0 Å². The molecule has 0 radical (unpaired) electrons. The SMILES string of the molecule is COCCOCCOC(=O)OCOP(=O)(OCOC(=O)OCCOCCOC)OC1[C@]2(O)[C@@](C)(O)[C@H](n3ccc(=O)[nH]c3=O)O[C@]12CF. The minimum atomic E-state index is -5.11. The van der Waals surface area contributed by atoms with E-state index >= 15 is 0 Å². The molecule has 0 bridgehead atoms. The fourth-order valence-corrected chi connectivity index (χ4v) is 5.69. The van der Waals surface area contributed by atoms with E-state index in [0.717, 1.165) is 19.2 Å². The molecular formula is C25H38FN2O19P. The number of ether oxygens (including phenoxy) is 9. The molecule has 0 amide bonds. The number of alkyl halides is 1. The number of rotatable bonds is 22. The van der Waals surface area contributed by atoms with Gasteiger partial charge < -0.3 is 52.8 Å². The maximum atomic E-state index is 14.5. The van der Waals surface area contributed by atoms with Gasteiger partial charge >= 0.3 is 25.8 Å². The van der Waals surface area contributed by atoms with Crippen molar-refractivity contribution in [1.29, 1.82) is 0 Å². The summed E-state index contributed by atoms with van der Waals surface area (Å²) in [4.78, 5) is 49.5. The highest BCUT2D eigenvalue weighted by atomic mass is 31.2. The van der Waals surface area contributed by atoms with Gasteiger partial charge in [0.25, 0.3) is 5.56 Å². The molecule has 1 unspecified atom stereocenters. The number of halogens is 1. The lowest BCUT2D eigenvalue weighted by Crippen LogP contribution is -2.51. The van der Waals surface area contributed by atoms with E-state index in [2.05, 4.69) is 9.47 Å². The van der Waals surface area contributed by atoms with Gasteiger partial charge in [0.2, 0.25) is 13.6 Å². The van der Waals surface area contributed by atoms with Gasteiger partial charge in [-0.2, -0.15) is 0 Å². The summed E-state index contributed by atoms with van der Waals surface area (Å²) in [6.45, 7) is -2.31. The Morgan fingerprint density at radius 3 is 1.90 bits per heavy atom. The Bertz CT molecular complexity index is 1340. The monoisotopic (exact) mass is 720 g/mol. The normalized spacial score (nSPS) is 26.1. The topological polar surface area (TPSA) is 257 Å². The molecule has 1 saturated carbocycles. The van der Waals surface area contributed by atoms with Crippen LogP contribution in [-0.4, -0.2) is 142 Å². The van der Waals surface area contributed by atoms with E-state index in [9.17, 15) is 38.3 Å². The van der Waals surface area contributed by atoms with E-state index in [1.807, 2.05) is 4.98 Å². The van der Waals surface area contributed by atoms with Crippen LogP contribution in [0.5, 0.6) is 0 Å². The number of methoxy groups -OCH3 is 2. The Balaban J connectivity index is 1.65. The van der Waals surface area contributed by atoms with Gasteiger partial charge in [-0.3, -0.25) is 18.9 Å². The molecule has 0 aromatic carbocycles. The summed E-state index contributed by atoms with van der Waals surface area (Å²) in [5.41, 5.74) is -9.53. The third-order valence-corrected chi connectivity index (χ3v) is 8.32. The quantitative estimate of drug-likeness (QED) is 0.0581. The summed E-state index contributed by atoms with van der Waals surface area (Å²) >= 11 is 0. The zero-order chi connectivity index (χ0) is 35.4. The first kappa shape index (κ1) is 39.4. The van der Waals surface area contributed by atoms with Gasteiger partial charge in [0.1, 0.15) is 31.6 Å². The fourth-order valence-electron chi connectivity index (χ4n) is 4.55. The lowest BCUT2D eigenvalue weighted by molar-refractivity contribution is -0.168. The molecule has 1 aromatic rings. The number of phosphoric ester groups is 1. The molecule has 5 atom stereocenters. The summed E-state index contributed by atoms with van der Waals surface area (Å²) in [6, 6.07) is 0.916. The van der Waals surface area contributed by atoms with Crippen LogP contribution < -0.4 is 11.2 Å². The number of carbonyl (C=O) groups excluding carboxylic acids is 2. The average Bonchev–Trinajstić information content (AvgIpc) is 3.48. The second-order valence-electron chi connectivity index (χ2n) is 10.0. The van der Waals surface area contributed by atoms with Crippen molar-refractivity contribution in [3.05, 3.63) is 33.1 Å². The van der Waals surface area contributed by atoms with Crippen molar-refractivity contribution in [2.75, 3.05) is 87.3 Å². The van der Waals surface area contributed by atoms with E-state index in [1.165, 1.54) is 14.2 Å². The summed E-state index contributed by atoms with van der Waals surface area (Å²) in [6.07, 6.45) is -5.42. The molecule has 2 aliphatic rings.